The second-order valence-electron chi connectivity index (χ2n) is 6.13. The lowest BCUT2D eigenvalue weighted by Gasteiger charge is -2.38. The first kappa shape index (κ1) is 13.8. The third-order valence-electron chi connectivity index (χ3n) is 4.17. The second-order valence-corrected chi connectivity index (χ2v) is 6.13. The monoisotopic (exact) mass is 254 g/mol. The summed E-state index contributed by atoms with van der Waals surface area (Å²) in [4.78, 5) is 12.9. The maximum absolute atomic E-state index is 10.8. The number of hydrogen-bond donors (Lipinski definition) is 2. The highest BCUT2D eigenvalue weighted by atomic mass is 16.4. The Labute approximate surface area is 110 Å². The van der Waals surface area contributed by atoms with Crippen molar-refractivity contribution in [3.05, 3.63) is 0 Å². The van der Waals surface area contributed by atoms with Crippen molar-refractivity contribution in [1.82, 2.24) is 10.2 Å². The molecule has 0 aromatic heterocycles. The summed E-state index contributed by atoms with van der Waals surface area (Å²) >= 11 is 0. The van der Waals surface area contributed by atoms with Gasteiger partial charge in [-0.05, 0) is 25.2 Å². The van der Waals surface area contributed by atoms with Gasteiger partial charge in [0.25, 0.3) is 0 Å². The molecule has 2 unspecified atom stereocenters. The van der Waals surface area contributed by atoms with Crippen molar-refractivity contribution < 1.29 is 9.90 Å². The highest BCUT2D eigenvalue weighted by Gasteiger charge is 2.27. The first-order valence-corrected chi connectivity index (χ1v) is 7.33. The van der Waals surface area contributed by atoms with Crippen molar-refractivity contribution >= 4 is 5.97 Å². The Kier molecular flexibility index (Phi) is 5.01. The first-order valence-electron chi connectivity index (χ1n) is 7.33. The van der Waals surface area contributed by atoms with Crippen LogP contribution in [0.3, 0.4) is 0 Å². The number of aliphatic carboxylic acids is 1. The lowest BCUT2D eigenvalue weighted by molar-refractivity contribution is -0.138. The molecule has 2 fully saturated rings. The van der Waals surface area contributed by atoms with Gasteiger partial charge in [-0.2, -0.15) is 0 Å². The topological polar surface area (TPSA) is 52.6 Å². The molecular weight excluding hydrogens is 228 g/mol. The number of carboxylic acids is 1. The lowest BCUT2D eigenvalue weighted by Crippen LogP contribution is -2.52. The predicted octanol–water partition coefficient (Wildman–Crippen LogP) is 1.70. The molecule has 0 aromatic rings. The van der Waals surface area contributed by atoms with Crippen LogP contribution in [0.5, 0.6) is 0 Å². The third-order valence-corrected chi connectivity index (χ3v) is 4.17. The summed E-state index contributed by atoms with van der Waals surface area (Å²) in [6.45, 7) is 4.24. The van der Waals surface area contributed by atoms with Crippen LogP contribution in [-0.2, 0) is 4.79 Å². The van der Waals surface area contributed by atoms with E-state index in [0.29, 0.717) is 18.0 Å². The largest absolute Gasteiger partial charge is 0.480 e. The van der Waals surface area contributed by atoms with Crippen LogP contribution >= 0.6 is 0 Å². The minimum Gasteiger partial charge on any atom is -0.480 e. The van der Waals surface area contributed by atoms with Gasteiger partial charge in [-0.15, -0.1) is 0 Å². The van der Waals surface area contributed by atoms with Gasteiger partial charge in [-0.25, -0.2) is 0 Å². The van der Waals surface area contributed by atoms with E-state index in [0.717, 1.165) is 13.1 Å². The van der Waals surface area contributed by atoms with Gasteiger partial charge in [0.2, 0.25) is 0 Å². The standard InChI is InChI=1S/C14H26N2O2/c1-11-7-13(9-16(8-11)10-14(17)18)15-12-5-3-2-4-6-12/h11-13,15H,2-10H2,1H3,(H,17,18). The maximum Gasteiger partial charge on any atom is 0.317 e. The molecule has 18 heavy (non-hydrogen) atoms. The number of carboxylic acid groups (broad SMARTS) is 1. The Morgan fingerprint density at radius 3 is 2.61 bits per heavy atom. The minimum absolute atomic E-state index is 0.188. The van der Waals surface area contributed by atoms with Crippen LogP contribution in [0.2, 0.25) is 0 Å². The van der Waals surface area contributed by atoms with E-state index in [1.54, 1.807) is 0 Å². The number of likely N-dealkylation sites (tertiary alicyclic amines) is 1. The van der Waals surface area contributed by atoms with Crippen molar-refractivity contribution in [3.8, 4) is 0 Å². The van der Waals surface area contributed by atoms with E-state index in [-0.39, 0.29) is 6.54 Å². The van der Waals surface area contributed by atoms with Gasteiger partial charge in [0, 0.05) is 25.2 Å². The third kappa shape index (κ3) is 4.25. The fourth-order valence-electron chi connectivity index (χ4n) is 3.51. The van der Waals surface area contributed by atoms with E-state index in [1.165, 1.54) is 38.5 Å². The average Bonchev–Trinajstić information content (AvgIpc) is 2.28. The summed E-state index contributed by atoms with van der Waals surface area (Å²) in [6.07, 6.45) is 7.85. The smallest absolute Gasteiger partial charge is 0.317 e. The number of carbonyl (C=O) groups is 1. The van der Waals surface area contributed by atoms with E-state index in [4.69, 9.17) is 5.11 Å². The van der Waals surface area contributed by atoms with Gasteiger partial charge in [0.05, 0.1) is 6.54 Å². The molecule has 2 aliphatic rings. The van der Waals surface area contributed by atoms with Crippen LogP contribution in [-0.4, -0.2) is 47.7 Å². The van der Waals surface area contributed by atoms with Crippen LogP contribution in [0.1, 0.15) is 45.4 Å². The zero-order chi connectivity index (χ0) is 13.0. The number of rotatable bonds is 4. The van der Waals surface area contributed by atoms with Crippen molar-refractivity contribution in [2.24, 2.45) is 5.92 Å². The van der Waals surface area contributed by atoms with Crippen LogP contribution in [0, 0.1) is 5.92 Å². The zero-order valence-electron chi connectivity index (χ0n) is 11.4. The van der Waals surface area contributed by atoms with Crippen LogP contribution < -0.4 is 5.32 Å². The molecule has 1 heterocycles. The number of hydrogen-bond acceptors (Lipinski definition) is 3. The first-order chi connectivity index (χ1) is 8.63. The van der Waals surface area contributed by atoms with Gasteiger partial charge >= 0.3 is 5.97 Å². The van der Waals surface area contributed by atoms with Crippen molar-refractivity contribution in [2.75, 3.05) is 19.6 Å². The van der Waals surface area contributed by atoms with Crippen molar-refractivity contribution in [2.45, 2.75) is 57.5 Å². The minimum atomic E-state index is -0.708. The highest BCUT2D eigenvalue weighted by molar-refractivity contribution is 5.69. The Hall–Kier alpha value is -0.610. The van der Waals surface area contributed by atoms with Crippen LogP contribution in [0.15, 0.2) is 0 Å². The SMILES string of the molecule is CC1CC(NC2CCCCC2)CN(CC(=O)O)C1. The zero-order valence-corrected chi connectivity index (χ0v) is 11.4. The molecule has 2 N–H and O–H groups in total. The molecule has 4 nitrogen and oxygen atoms in total. The fraction of sp³-hybridized carbons (Fsp3) is 0.929. The molecular formula is C14H26N2O2. The summed E-state index contributed by atoms with van der Waals surface area (Å²) in [5.41, 5.74) is 0. The molecule has 0 radical (unpaired) electrons. The van der Waals surface area contributed by atoms with Crippen LogP contribution in [0.25, 0.3) is 0 Å². The van der Waals surface area contributed by atoms with E-state index < -0.39 is 5.97 Å². The summed E-state index contributed by atoms with van der Waals surface area (Å²) in [5.74, 6) is -0.111. The molecule has 0 aromatic carbocycles. The Morgan fingerprint density at radius 2 is 1.94 bits per heavy atom. The molecule has 0 amide bonds. The molecule has 0 spiro atoms. The average molecular weight is 254 g/mol. The highest BCUT2D eigenvalue weighted by Crippen LogP contribution is 2.21. The van der Waals surface area contributed by atoms with Gasteiger partial charge in [-0.3, -0.25) is 9.69 Å². The molecule has 2 rings (SSSR count). The van der Waals surface area contributed by atoms with Gasteiger partial charge < -0.3 is 10.4 Å². The van der Waals surface area contributed by atoms with E-state index >= 15 is 0 Å². The second kappa shape index (κ2) is 6.53. The summed E-state index contributed by atoms with van der Waals surface area (Å²) in [6, 6.07) is 1.15. The molecule has 1 saturated carbocycles. The number of piperidine rings is 1. The maximum atomic E-state index is 10.8. The molecule has 1 saturated heterocycles. The van der Waals surface area contributed by atoms with Crippen molar-refractivity contribution in [1.29, 1.82) is 0 Å². The summed E-state index contributed by atoms with van der Waals surface area (Å²) in [7, 11) is 0. The Balaban J connectivity index is 1.81. The van der Waals surface area contributed by atoms with Gasteiger partial charge in [0.15, 0.2) is 0 Å². The molecule has 2 atom stereocenters. The Bertz CT molecular complexity index is 277. The molecule has 1 aliphatic carbocycles. The number of nitrogens with zero attached hydrogens (tertiary/aromatic N) is 1. The Morgan fingerprint density at radius 1 is 1.22 bits per heavy atom. The molecule has 104 valence electrons. The van der Waals surface area contributed by atoms with E-state index in [2.05, 4.69) is 17.1 Å². The number of nitrogens with one attached hydrogen (secondary N) is 1. The van der Waals surface area contributed by atoms with Gasteiger partial charge in [0.1, 0.15) is 0 Å². The molecule has 0 bridgehead atoms. The van der Waals surface area contributed by atoms with E-state index in [1.807, 2.05) is 0 Å². The molecule has 4 heteroatoms. The van der Waals surface area contributed by atoms with Crippen molar-refractivity contribution in [3.63, 3.8) is 0 Å². The van der Waals surface area contributed by atoms with Gasteiger partial charge in [-0.1, -0.05) is 26.2 Å². The quantitative estimate of drug-likeness (QED) is 0.802. The normalized spacial score (nSPS) is 31.4. The summed E-state index contributed by atoms with van der Waals surface area (Å²) in [5, 5.41) is 12.7. The summed E-state index contributed by atoms with van der Waals surface area (Å²) < 4.78 is 0. The fourth-order valence-corrected chi connectivity index (χ4v) is 3.51. The lowest BCUT2D eigenvalue weighted by atomic mass is 9.91. The van der Waals surface area contributed by atoms with E-state index in [9.17, 15) is 4.79 Å². The molecule has 1 aliphatic heterocycles. The predicted molar refractivity (Wildman–Crippen MR) is 71.7 cm³/mol. The van der Waals surface area contributed by atoms with Crippen LogP contribution in [0.4, 0.5) is 0 Å².